The zero-order valence-corrected chi connectivity index (χ0v) is 8.35. The summed E-state index contributed by atoms with van der Waals surface area (Å²) in [5.74, 6) is 1.53. The van der Waals surface area contributed by atoms with Gasteiger partial charge in [-0.25, -0.2) is 4.98 Å². The van der Waals surface area contributed by atoms with Gasteiger partial charge in [0.2, 0.25) is 0 Å². The van der Waals surface area contributed by atoms with E-state index in [1.165, 1.54) is 0 Å². The number of rotatable bonds is 4. The molecule has 1 aromatic heterocycles. The van der Waals surface area contributed by atoms with E-state index in [0.717, 1.165) is 17.8 Å². The molecule has 4 nitrogen and oxygen atoms in total. The van der Waals surface area contributed by atoms with Gasteiger partial charge >= 0.3 is 0 Å². The standard InChI is InChI=1S/C11H13N3O/c15-8-4-7-10-12-11(14-13-10)9-5-2-1-3-6-9/h1-3,5-6,15H,4,7-8H2,(H,12,13,14). The van der Waals surface area contributed by atoms with E-state index in [9.17, 15) is 0 Å². The number of nitrogens with one attached hydrogen (secondary N) is 1. The molecule has 0 aliphatic carbocycles. The van der Waals surface area contributed by atoms with Crippen LogP contribution in [0.25, 0.3) is 11.4 Å². The Bertz CT molecular complexity index is 411. The summed E-state index contributed by atoms with van der Waals surface area (Å²) in [6.07, 6.45) is 1.44. The van der Waals surface area contributed by atoms with Crippen LogP contribution < -0.4 is 0 Å². The van der Waals surface area contributed by atoms with Crippen LogP contribution in [0.2, 0.25) is 0 Å². The van der Waals surface area contributed by atoms with E-state index in [0.29, 0.717) is 12.2 Å². The van der Waals surface area contributed by atoms with Gasteiger partial charge in [0, 0.05) is 18.6 Å². The molecule has 0 bridgehead atoms. The van der Waals surface area contributed by atoms with Crippen LogP contribution in [0.4, 0.5) is 0 Å². The Morgan fingerprint density at radius 1 is 1.20 bits per heavy atom. The first-order chi connectivity index (χ1) is 7.40. The number of aliphatic hydroxyl groups excluding tert-OH is 1. The zero-order chi connectivity index (χ0) is 10.5. The molecule has 0 radical (unpaired) electrons. The van der Waals surface area contributed by atoms with E-state index in [4.69, 9.17) is 5.11 Å². The maximum atomic E-state index is 8.69. The number of aromatic nitrogens is 3. The second-order valence-electron chi connectivity index (χ2n) is 3.30. The Morgan fingerprint density at radius 3 is 2.73 bits per heavy atom. The van der Waals surface area contributed by atoms with Crippen LogP contribution in [0, 0.1) is 0 Å². The summed E-state index contributed by atoms with van der Waals surface area (Å²) in [4.78, 5) is 4.34. The molecular formula is C11H13N3O. The van der Waals surface area contributed by atoms with Gasteiger partial charge in [0.05, 0.1) is 0 Å². The van der Waals surface area contributed by atoms with Crippen molar-refractivity contribution < 1.29 is 5.11 Å². The Balaban J connectivity index is 2.14. The molecule has 0 aliphatic rings. The fourth-order valence-electron chi connectivity index (χ4n) is 1.37. The number of H-pyrrole nitrogens is 1. The molecule has 2 N–H and O–H groups in total. The van der Waals surface area contributed by atoms with E-state index in [-0.39, 0.29) is 6.61 Å². The van der Waals surface area contributed by atoms with Crippen molar-refractivity contribution in [3.05, 3.63) is 36.2 Å². The van der Waals surface area contributed by atoms with Gasteiger partial charge in [0.1, 0.15) is 5.82 Å². The topological polar surface area (TPSA) is 61.8 Å². The molecular weight excluding hydrogens is 190 g/mol. The van der Waals surface area contributed by atoms with Crippen molar-refractivity contribution in [1.82, 2.24) is 15.2 Å². The fraction of sp³-hybridized carbons (Fsp3) is 0.273. The molecule has 0 saturated heterocycles. The summed E-state index contributed by atoms with van der Waals surface area (Å²) in [6.45, 7) is 0.182. The van der Waals surface area contributed by atoms with Crippen LogP contribution in [0.1, 0.15) is 12.2 Å². The van der Waals surface area contributed by atoms with Crippen molar-refractivity contribution in [2.24, 2.45) is 0 Å². The largest absolute Gasteiger partial charge is 0.396 e. The Kier molecular flexibility index (Phi) is 3.09. The molecule has 0 aliphatic heterocycles. The minimum absolute atomic E-state index is 0.182. The first kappa shape index (κ1) is 9.86. The molecule has 2 rings (SSSR count). The number of aryl methyl sites for hydroxylation is 1. The maximum Gasteiger partial charge on any atom is 0.181 e. The van der Waals surface area contributed by atoms with E-state index >= 15 is 0 Å². The lowest BCUT2D eigenvalue weighted by molar-refractivity contribution is 0.287. The van der Waals surface area contributed by atoms with Gasteiger partial charge in [-0.1, -0.05) is 30.3 Å². The van der Waals surface area contributed by atoms with E-state index in [1.54, 1.807) is 0 Å². The quantitative estimate of drug-likeness (QED) is 0.789. The van der Waals surface area contributed by atoms with Gasteiger partial charge in [0.25, 0.3) is 0 Å². The summed E-state index contributed by atoms with van der Waals surface area (Å²) in [6, 6.07) is 9.82. The minimum Gasteiger partial charge on any atom is -0.396 e. The molecule has 0 spiro atoms. The van der Waals surface area contributed by atoms with Gasteiger partial charge in [-0.15, -0.1) is 0 Å². The SMILES string of the molecule is OCCCc1nc(-c2ccccc2)n[nH]1. The molecule has 0 unspecified atom stereocenters. The molecule has 2 aromatic rings. The van der Waals surface area contributed by atoms with Gasteiger partial charge < -0.3 is 5.11 Å². The minimum atomic E-state index is 0.182. The molecule has 0 saturated carbocycles. The predicted molar refractivity (Wildman–Crippen MR) is 57.2 cm³/mol. The van der Waals surface area contributed by atoms with Gasteiger partial charge in [-0.05, 0) is 6.42 Å². The van der Waals surface area contributed by atoms with Crippen molar-refractivity contribution in [3.8, 4) is 11.4 Å². The average molecular weight is 203 g/mol. The van der Waals surface area contributed by atoms with Gasteiger partial charge in [0.15, 0.2) is 5.82 Å². The number of aromatic amines is 1. The van der Waals surface area contributed by atoms with Crippen molar-refractivity contribution in [1.29, 1.82) is 0 Å². The van der Waals surface area contributed by atoms with Crippen molar-refractivity contribution in [3.63, 3.8) is 0 Å². The van der Waals surface area contributed by atoms with Crippen LogP contribution in [0.3, 0.4) is 0 Å². The lowest BCUT2D eigenvalue weighted by atomic mass is 10.2. The summed E-state index contributed by atoms with van der Waals surface area (Å²) >= 11 is 0. The highest BCUT2D eigenvalue weighted by atomic mass is 16.2. The first-order valence-electron chi connectivity index (χ1n) is 4.97. The number of hydrogen-bond donors (Lipinski definition) is 2. The average Bonchev–Trinajstić information content (AvgIpc) is 2.76. The molecule has 0 fully saturated rings. The normalized spacial score (nSPS) is 10.5. The van der Waals surface area contributed by atoms with Gasteiger partial charge in [-0.3, -0.25) is 5.10 Å². The lowest BCUT2D eigenvalue weighted by Gasteiger charge is -1.92. The van der Waals surface area contributed by atoms with Crippen LogP contribution in [-0.2, 0) is 6.42 Å². The number of benzene rings is 1. The number of aliphatic hydroxyl groups is 1. The van der Waals surface area contributed by atoms with Crippen molar-refractivity contribution >= 4 is 0 Å². The second-order valence-corrected chi connectivity index (χ2v) is 3.30. The molecule has 1 aromatic carbocycles. The third kappa shape index (κ3) is 2.41. The van der Waals surface area contributed by atoms with Crippen LogP contribution in [-0.4, -0.2) is 26.9 Å². The first-order valence-corrected chi connectivity index (χ1v) is 4.97. The van der Waals surface area contributed by atoms with E-state index < -0.39 is 0 Å². The number of hydrogen-bond acceptors (Lipinski definition) is 3. The third-order valence-electron chi connectivity index (χ3n) is 2.14. The fourth-order valence-corrected chi connectivity index (χ4v) is 1.37. The molecule has 78 valence electrons. The highest BCUT2D eigenvalue weighted by Gasteiger charge is 2.04. The smallest absolute Gasteiger partial charge is 0.181 e. The Hall–Kier alpha value is -1.68. The number of nitrogens with zero attached hydrogens (tertiary/aromatic N) is 2. The molecule has 0 amide bonds. The van der Waals surface area contributed by atoms with Crippen molar-refractivity contribution in [2.45, 2.75) is 12.8 Å². The van der Waals surface area contributed by atoms with E-state index in [1.807, 2.05) is 30.3 Å². The van der Waals surface area contributed by atoms with E-state index in [2.05, 4.69) is 15.2 Å². The highest BCUT2D eigenvalue weighted by molar-refractivity contribution is 5.53. The third-order valence-corrected chi connectivity index (χ3v) is 2.14. The van der Waals surface area contributed by atoms with Crippen LogP contribution in [0.5, 0.6) is 0 Å². The van der Waals surface area contributed by atoms with Crippen LogP contribution >= 0.6 is 0 Å². The second kappa shape index (κ2) is 4.70. The molecule has 1 heterocycles. The zero-order valence-electron chi connectivity index (χ0n) is 8.35. The highest BCUT2D eigenvalue weighted by Crippen LogP contribution is 2.13. The Labute approximate surface area is 88.0 Å². The molecule has 0 atom stereocenters. The molecule has 4 heteroatoms. The monoisotopic (exact) mass is 203 g/mol. The van der Waals surface area contributed by atoms with Crippen molar-refractivity contribution in [2.75, 3.05) is 6.61 Å². The summed E-state index contributed by atoms with van der Waals surface area (Å²) in [5, 5.41) is 15.7. The summed E-state index contributed by atoms with van der Waals surface area (Å²) < 4.78 is 0. The molecule has 15 heavy (non-hydrogen) atoms. The summed E-state index contributed by atoms with van der Waals surface area (Å²) in [7, 11) is 0. The Morgan fingerprint density at radius 2 is 2.00 bits per heavy atom. The lowest BCUT2D eigenvalue weighted by Crippen LogP contribution is -1.91. The summed E-state index contributed by atoms with van der Waals surface area (Å²) in [5.41, 5.74) is 1.00. The van der Waals surface area contributed by atoms with Crippen LogP contribution in [0.15, 0.2) is 30.3 Å². The maximum absolute atomic E-state index is 8.69. The predicted octanol–water partition coefficient (Wildman–Crippen LogP) is 1.40. The van der Waals surface area contributed by atoms with Gasteiger partial charge in [-0.2, -0.15) is 5.10 Å².